The fourth-order valence-corrected chi connectivity index (χ4v) is 5.95. The number of carbonyl (C=O) groups is 1. The lowest BCUT2D eigenvalue weighted by atomic mass is 9.94. The van der Waals surface area contributed by atoms with Gasteiger partial charge in [0.1, 0.15) is 17.3 Å². The van der Waals surface area contributed by atoms with E-state index in [4.69, 9.17) is 18.9 Å². The standard InChI is InChI=1S/C31H29N3O7S/c1-5-8-23-27(30(36)40-6-2)28(19-9-7-10-20(16-19)39-4)33-29(35)26(42-31(33)32-23)17-21-12-14-25(41-21)22-13-11-18(3)15-24(22)34(37)38/h7,9-17,28H,5-6,8H2,1-4H3/b26-17-. The highest BCUT2D eigenvalue weighted by molar-refractivity contribution is 7.07. The van der Waals surface area contributed by atoms with Crippen LogP contribution in [0.1, 0.15) is 49.6 Å². The number of esters is 1. The molecule has 11 heteroatoms. The molecule has 4 aromatic rings. The molecule has 0 N–H and O–H groups in total. The Hall–Kier alpha value is -4.77. The van der Waals surface area contributed by atoms with Crippen LogP contribution in [0.5, 0.6) is 5.75 Å². The molecule has 0 spiro atoms. The minimum atomic E-state index is -0.776. The van der Waals surface area contributed by atoms with E-state index in [1.807, 2.05) is 13.0 Å². The van der Waals surface area contributed by atoms with Gasteiger partial charge in [0, 0.05) is 12.1 Å². The molecule has 5 rings (SSSR count). The molecule has 0 saturated carbocycles. The van der Waals surface area contributed by atoms with E-state index in [1.54, 1.807) is 69.5 Å². The van der Waals surface area contributed by atoms with Crippen LogP contribution in [-0.4, -0.2) is 29.2 Å². The van der Waals surface area contributed by atoms with Crippen LogP contribution >= 0.6 is 11.3 Å². The van der Waals surface area contributed by atoms with E-state index in [-0.39, 0.29) is 17.9 Å². The van der Waals surface area contributed by atoms with Crippen LogP contribution in [0.4, 0.5) is 5.69 Å². The molecule has 0 amide bonds. The summed E-state index contributed by atoms with van der Waals surface area (Å²) in [5.41, 5.74) is 2.25. The fraction of sp³-hybridized carbons (Fsp3) is 0.258. The molecule has 0 radical (unpaired) electrons. The molecular weight excluding hydrogens is 558 g/mol. The predicted molar refractivity (Wildman–Crippen MR) is 158 cm³/mol. The molecule has 1 atom stereocenters. The van der Waals surface area contributed by atoms with Crippen molar-refractivity contribution in [3.05, 3.63) is 113 Å². The van der Waals surface area contributed by atoms with Crippen LogP contribution in [0.2, 0.25) is 0 Å². The molecule has 10 nitrogen and oxygen atoms in total. The van der Waals surface area contributed by atoms with Crippen LogP contribution < -0.4 is 19.6 Å². The minimum absolute atomic E-state index is 0.0662. The van der Waals surface area contributed by atoms with Crippen LogP contribution in [0.25, 0.3) is 17.4 Å². The maximum atomic E-state index is 13.9. The number of hydrogen-bond donors (Lipinski definition) is 0. The number of nitrogens with zero attached hydrogens (tertiary/aromatic N) is 3. The Bertz CT molecular complexity index is 1900. The monoisotopic (exact) mass is 587 g/mol. The summed E-state index contributed by atoms with van der Waals surface area (Å²) in [5.74, 6) is 0.716. The number of benzene rings is 2. The van der Waals surface area contributed by atoms with E-state index in [9.17, 15) is 19.7 Å². The van der Waals surface area contributed by atoms with E-state index < -0.39 is 16.9 Å². The summed E-state index contributed by atoms with van der Waals surface area (Å²) < 4.78 is 18.7. The van der Waals surface area contributed by atoms with Gasteiger partial charge in [0.05, 0.1) is 46.0 Å². The first-order valence-electron chi connectivity index (χ1n) is 13.5. The Kier molecular flexibility index (Phi) is 8.21. The first-order chi connectivity index (χ1) is 20.2. The Morgan fingerprint density at radius 3 is 2.71 bits per heavy atom. The highest BCUT2D eigenvalue weighted by Gasteiger charge is 2.34. The van der Waals surface area contributed by atoms with Crippen molar-refractivity contribution >= 4 is 29.1 Å². The number of carbonyl (C=O) groups excluding carboxylic acids is 1. The van der Waals surface area contributed by atoms with Gasteiger partial charge in [-0.25, -0.2) is 9.79 Å². The summed E-state index contributed by atoms with van der Waals surface area (Å²) >= 11 is 1.18. The van der Waals surface area contributed by atoms with Gasteiger partial charge in [0.25, 0.3) is 11.2 Å². The molecule has 42 heavy (non-hydrogen) atoms. The van der Waals surface area contributed by atoms with E-state index in [1.165, 1.54) is 22.0 Å². The van der Waals surface area contributed by atoms with Gasteiger partial charge >= 0.3 is 5.97 Å². The predicted octanol–water partition coefficient (Wildman–Crippen LogP) is 5.06. The van der Waals surface area contributed by atoms with Gasteiger partial charge in [-0.15, -0.1) is 0 Å². The average molecular weight is 588 g/mol. The molecule has 3 heterocycles. The summed E-state index contributed by atoms with van der Waals surface area (Å²) in [6.07, 6.45) is 2.85. The lowest BCUT2D eigenvalue weighted by Gasteiger charge is -2.26. The minimum Gasteiger partial charge on any atom is -0.497 e. The smallest absolute Gasteiger partial charge is 0.338 e. The zero-order chi connectivity index (χ0) is 30.0. The van der Waals surface area contributed by atoms with Crippen molar-refractivity contribution in [1.29, 1.82) is 0 Å². The molecule has 0 fully saturated rings. The molecule has 1 aliphatic heterocycles. The lowest BCUT2D eigenvalue weighted by molar-refractivity contribution is -0.384. The molecule has 0 aliphatic carbocycles. The number of hydrogen-bond acceptors (Lipinski definition) is 9. The Morgan fingerprint density at radius 1 is 1.19 bits per heavy atom. The van der Waals surface area contributed by atoms with Gasteiger partial charge in [-0.2, -0.15) is 0 Å². The summed E-state index contributed by atoms with van der Waals surface area (Å²) in [5, 5.41) is 11.6. The molecular formula is C31H29N3O7S. The number of aromatic nitrogens is 1. The normalized spacial score (nSPS) is 14.9. The van der Waals surface area contributed by atoms with E-state index in [0.717, 1.165) is 12.0 Å². The quantitative estimate of drug-likeness (QED) is 0.152. The van der Waals surface area contributed by atoms with Crippen molar-refractivity contribution in [2.45, 2.75) is 39.7 Å². The van der Waals surface area contributed by atoms with Gasteiger partial charge < -0.3 is 13.9 Å². The molecule has 2 aromatic carbocycles. The Morgan fingerprint density at radius 2 is 2.00 bits per heavy atom. The maximum Gasteiger partial charge on any atom is 0.338 e. The third-order valence-corrected chi connectivity index (χ3v) is 7.80. The molecule has 1 aliphatic rings. The number of thiazole rings is 1. The highest BCUT2D eigenvalue weighted by Crippen LogP contribution is 2.34. The van der Waals surface area contributed by atoms with Crippen LogP contribution in [0.15, 0.2) is 80.1 Å². The van der Waals surface area contributed by atoms with Crippen molar-refractivity contribution in [2.24, 2.45) is 4.99 Å². The number of rotatable bonds is 9. The van der Waals surface area contributed by atoms with E-state index in [0.29, 0.717) is 55.4 Å². The molecule has 2 aromatic heterocycles. The largest absolute Gasteiger partial charge is 0.497 e. The highest BCUT2D eigenvalue weighted by atomic mass is 32.1. The second-order valence-corrected chi connectivity index (χ2v) is 10.7. The van der Waals surface area contributed by atoms with E-state index in [2.05, 4.69) is 0 Å². The summed E-state index contributed by atoms with van der Waals surface area (Å²) in [6.45, 7) is 5.68. The maximum absolute atomic E-state index is 13.9. The summed E-state index contributed by atoms with van der Waals surface area (Å²) in [6, 6.07) is 14.7. The van der Waals surface area contributed by atoms with Gasteiger partial charge in [-0.1, -0.05) is 42.9 Å². The molecule has 0 bridgehead atoms. The third kappa shape index (κ3) is 5.42. The first-order valence-corrected chi connectivity index (χ1v) is 14.3. The summed E-state index contributed by atoms with van der Waals surface area (Å²) in [4.78, 5) is 43.7. The number of furan rings is 1. The zero-order valence-electron chi connectivity index (χ0n) is 23.6. The lowest BCUT2D eigenvalue weighted by Crippen LogP contribution is -2.40. The Balaban J connectivity index is 1.68. The van der Waals surface area contributed by atoms with Crippen LogP contribution in [0, 0.1) is 17.0 Å². The van der Waals surface area contributed by atoms with Gasteiger partial charge in [-0.3, -0.25) is 19.5 Å². The topological polar surface area (TPSA) is 126 Å². The summed E-state index contributed by atoms with van der Waals surface area (Å²) in [7, 11) is 1.55. The van der Waals surface area contributed by atoms with Crippen LogP contribution in [0.3, 0.4) is 0 Å². The van der Waals surface area contributed by atoms with Gasteiger partial charge in [-0.05, 0) is 61.7 Å². The van der Waals surface area contributed by atoms with Crippen molar-refractivity contribution < 1.29 is 23.6 Å². The second kappa shape index (κ2) is 12.0. The fourth-order valence-electron chi connectivity index (χ4n) is 4.95. The number of ether oxygens (including phenoxy) is 2. The van der Waals surface area contributed by atoms with Crippen molar-refractivity contribution in [1.82, 2.24) is 4.57 Å². The number of methoxy groups -OCH3 is 1. The number of nitro benzene ring substituents is 1. The number of aryl methyl sites for hydroxylation is 1. The molecule has 1 unspecified atom stereocenters. The zero-order valence-corrected chi connectivity index (χ0v) is 24.4. The SMILES string of the molecule is CCCC1=C(C(=O)OCC)C(c2cccc(OC)c2)n2c(s/c(=C\c3ccc(-c4ccc(C)cc4[N+](=O)[O-])o3)c2=O)=N1. The van der Waals surface area contributed by atoms with Gasteiger partial charge in [0.2, 0.25) is 0 Å². The molecule has 216 valence electrons. The third-order valence-electron chi connectivity index (χ3n) is 6.82. The van der Waals surface area contributed by atoms with Crippen molar-refractivity contribution in [3.63, 3.8) is 0 Å². The number of fused-ring (bicyclic) bond motifs is 1. The van der Waals surface area contributed by atoms with Gasteiger partial charge in [0.15, 0.2) is 4.80 Å². The second-order valence-electron chi connectivity index (χ2n) is 9.67. The average Bonchev–Trinajstić information content (AvgIpc) is 3.56. The number of nitro groups is 1. The molecule has 0 saturated heterocycles. The van der Waals surface area contributed by atoms with Crippen molar-refractivity contribution in [2.75, 3.05) is 13.7 Å². The number of allylic oxidation sites excluding steroid dienone is 1. The van der Waals surface area contributed by atoms with Crippen LogP contribution in [-0.2, 0) is 9.53 Å². The van der Waals surface area contributed by atoms with E-state index >= 15 is 0 Å². The first kappa shape index (κ1) is 28.7. The van der Waals surface area contributed by atoms with Crippen molar-refractivity contribution in [3.8, 4) is 17.1 Å². The Labute approximate surface area is 245 Å².